The zero-order chi connectivity index (χ0) is 15.3. The van der Waals surface area contributed by atoms with E-state index in [9.17, 15) is 13.2 Å². The van der Waals surface area contributed by atoms with Gasteiger partial charge in [0.2, 0.25) is 0 Å². The Morgan fingerprint density at radius 2 is 1.25 bits per heavy atom. The first-order chi connectivity index (χ1) is 9.35. The van der Waals surface area contributed by atoms with Gasteiger partial charge in [-0.1, -0.05) is 12.1 Å². The maximum Gasteiger partial charge on any atom is 0.190 e. The lowest BCUT2D eigenvalue weighted by molar-refractivity contribution is 0.359. The van der Waals surface area contributed by atoms with Gasteiger partial charge in [-0.05, 0) is 55.7 Å². The fourth-order valence-corrected chi connectivity index (χ4v) is 1.58. The number of rotatable bonds is 1. The van der Waals surface area contributed by atoms with Crippen LogP contribution in [0, 0.1) is 38.2 Å². The highest BCUT2D eigenvalue weighted by atomic mass is 19.1. The van der Waals surface area contributed by atoms with Gasteiger partial charge in [0.25, 0.3) is 0 Å². The van der Waals surface area contributed by atoms with Crippen LogP contribution in [0.2, 0.25) is 0 Å². The molecule has 0 N–H and O–H groups in total. The molecule has 0 heterocycles. The van der Waals surface area contributed by atoms with E-state index in [4.69, 9.17) is 0 Å². The lowest BCUT2D eigenvalue weighted by Crippen LogP contribution is -1.92. The van der Waals surface area contributed by atoms with E-state index in [-0.39, 0.29) is 11.6 Å². The van der Waals surface area contributed by atoms with Crippen LogP contribution >= 0.6 is 0 Å². The molecule has 0 aliphatic carbocycles. The molecule has 0 aromatic heterocycles. The summed E-state index contributed by atoms with van der Waals surface area (Å²) in [6.07, 6.45) is 0. The number of hydrogen-bond donors (Lipinski definition) is 0. The molecule has 108 valence electrons. The fraction of sp³-hybridized carbons (Fsp3) is 0.250. The summed E-state index contributed by atoms with van der Waals surface area (Å²) in [6, 6.07) is 7.67. The maximum atomic E-state index is 12.7. The molecule has 0 bridgehead atoms. The van der Waals surface area contributed by atoms with Crippen LogP contribution in [0.3, 0.4) is 0 Å². The van der Waals surface area contributed by atoms with E-state index >= 15 is 0 Å². The first-order valence-electron chi connectivity index (χ1n) is 6.07. The standard InChI is InChI=1S/C8H8F2O.C8H9F/c1-5-3-6(9)8(11-2)7(10)4-5;1-6-3-4-7(2)8(9)5-6/h3-4H,1-2H3;3-5H,1-2H3. The second kappa shape index (κ2) is 6.98. The summed E-state index contributed by atoms with van der Waals surface area (Å²) in [7, 11) is 1.23. The van der Waals surface area contributed by atoms with Crippen molar-refractivity contribution in [2.75, 3.05) is 7.11 Å². The van der Waals surface area contributed by atoms with Crippen LogP contribution in [-0.4, -0.2) is 7.11 Å². The van der Waals surface area contributed by atoms with Gasteiger partial charge in [0.15, 0.2) is 17.4 Å². The molecule has 0 unspecified atom stereocenters. The Balaban J connectivity index is 0.000000204. The zero-order valence-electron chi connectivity index (χ0n) is 11.9. The maximum absolute atomic E-state index is 12.7. The molecule has 4 heteroatoms. The first kappa shape index (κ1) is 16.1. The minimum absolute atomic E-state index is 0.116. The number of halogens is 3. The third kappa shape index (κ3) is 4.30. The summed E-state index contributed by atoms with van der Waals surface area (Å²) in [5.41, 5.74) is 2.22. The van der Waals surface area contributed by atoms with Crippen molar-refractivity contribution < 1.29 is 17.9 Å². The predicted octanol–water partition coefficient (Wildman–Crippen LogP) is 4.72. The van der Waals surface area contributed by atoms with Crippen molar-refractivity contribution in [1.29, 1.82) is 0 Å². The number of ether oxygens (including phenoxy) is 1. The fourth-order valence-electron chi connectivity index (χ4n) is 1.58. The van der Waals surface area contributed by atoms with E-state index in [1.807, 2.05) is 13.0 Å². The van der Waals surface area contributed by atoms with E-state index in [1.54, 1.807) is 19.9 Å². The lowest BCUT2D eigenvalue weighted by atomic mass is 10.2. The zero-order valence-corrected chi connectivity index (χ0v) is 11.9. The molecule has 0 saturated carbocycles. The minimum atomic E-state index is -0.662. The molecular weight excluding hydrogens is 265 g/mol. The summed E-state index contributed by atoms with van der Waals surface area (Å²) in [4.78, 5) is 0. The van der Waals surface area contributed by atoms with Crippen LogP contribution in [0.25, 0.3) is 0 Å². The van der Waals surface area contributed by atoms with Gasteiger partial charge in [-0.2, -0.15) is 0 Å². The highest BCUT2D eigenvalue weighted by molar-refractivity contribution is 5.30. The third-order valence-corrected chi connectivity index (χ3v) is 2.67. The molecule has 0 radical (unpaired) electrons. The van der Waals surface area contributed by atoms with Gasteiger partial charge < -0.3 is 4.74 Å². The molecule has 0 spiro atoms. The highest BCUT2D eigenvalue weighted by Gasteiger charge is 2.08. The average molecular weight is 282 g/mol. The quantitative estimate of drug-likeness (QED) is 0.735. The van der Waals surface area contributed by atoms with Crippen molar-refractivity contribution >= 4 is 0 Å². The monoisotopic (exact) mass is 282 g/mol. The van der Waals surface area contributed by atoms with Crippen molar-refractivity contribution in [2.24, 2.45) is 0 Å². The minimum Gasteiger partial charge on any atom is -0.491 e. The van der Waals surface area contributed by atoms with Crippen molar-refractivity contribution in [3.8, 4) is 5.75 Å². The van der Waals surface area contributed by atoms with Gasteiger partial charge in [-0.3, -0.25) is 0 Å². The predicted molar refractivity (Wildman–Crippen MR) is 73.5 cm³/mol. The molecular formula is C16H17F3O. The van der Waals surface area contributed by atoms with E-state index in [0.29, 0.717) is 11.1 Å². The van der Waals surface area contributed by atoms with Crippen LogP contribution in [0.4, 0.5) is 13.2 Å². The number of aryl methyl sites for hydroxylation is 3. The van der Waals surface area contributed by atoms with E-state index < -0.39 is 11.6 Å². The van der Waals surface area contributed by atoms with Gasteiger partial charge in [-0.25, -0.2) is 13.2 Å². The molecule has 0 atom stereocenters. The van der Waals surface area contributed by atoms with Crippen molar-refractivity contribution in [3.63, 3.8) is 0 Å². The highest BCUT2D eigenvalue weighted by Crippen LogP contribution is 2.21. The summed E-state index contributed by atoms with van der Waals surface area (Å²) in [5, 5.41) is 0. The molecule has 2 rings (SSSR count). The van der Waals surface area contributed by atoms with E-state index in [2.05, 4.69) is 4.74 Å². The second-order valence-electron chi connectivity index (χ2n) is 4.51. The van der Waals surface area contributed by atoms with E-state index in [0.717, 1.165) is 5.56 Å². The van der Waals surface area contributed by atoms with Crippen molar-refractivity contribution in [1.82, 2.24) is 0 Å². The summed E-state index contributed by atoms with van der Waals surface area (Å²) < 4.78 is 42.6. The smallest absolute Gasteiger partial charge is 0.190 e. The number of methoxy groups -OCH3 is 1. The normalized spacial score (nSPS) is 9.75. The summed E-state index contributed by atoms with van der Waals surface area (Å²) >= 11 is 0. The average Bonchev–Trinajstić information content (AvgIpc) is 2.34. The molecule has 20 heavy (non-hydrogen) atoms. The molecule has 0 saturated heterocycles. The van der Waals surface area contributed by atoms with Crippen LogP contribution in [0.15, 0.2) is 30.3 Å². The van der Waals surface area contributed by atoms with Gasteiger partial charge in [0.05, 0.1) is 7.11 Å². The summed E-state index contributed by atoms with van der Waals surface area (Å²) in [5.74, 6) is -1.76. The molecule has 0 aliphatic rings. The van der Waals surface area contributed by atoms with Crippen molar-refractivity contribution in [2.45, 2.75) is 20.8 Å². The van der Waals surface area contributed by atoms with Crippen LogP contribution in [0.1, 0.15) is 16.7 Å². The molecule has 0 amide bonds. The van der Waals surface area contributed by atoms with Crippen LogP contribution in [-0.2, 0) is 0 Å². The second-order valence-corrected chi connectivity index (χ2v) is 4.51. The Bertz CT molecular complexity index is 571. The largest absolute Gasteiger partial charge is 0.491 e. The molecule has 1 nitrogen and oxygen atoms in total. The Morgan fingerprint density at radius 1 is 0.750 bits per heavy atom. The molecule has 2 aromatic carbocycles. The lowest BCUT2D eigenvalue weighted by Gasteiger charge is -2.03. The van der Waals surface area contributed by atoms with Crippen LogP contribution in [0.5, 0.6) is 5.75 Å². The van der Waals surface area contributed by atoms with Gasteiger partial charge in [-0.15, -0.1) is 0 Å². The Hall–Kier alpha value is -1.97. The van der Waals surface area contributed by atoms with E-state index in [1.165, 1.54) is 25.3 Å². The van der Waals surface area contributed by atoms with Gasteiger partial charge in [0, 0.05) is 0 Å². The first-order valence-corrected chi connectivity index (χ1v) is 6.07. The Kier molecular flexibility index (Phi) is 5.62. The Labute approximate surface area is 117 Å². The molecule has 0 fully saturated rings. The SMILES string of the molecule is COc1c(F)cc(C)cc1F.Cc1ccc(C)c(F)c1. The van der Waals surface area contributed by atoms with Crippen LogP contribution < -0.4 is 4.74 Å². The Morgan fingerprint density at radius 3 is 1.65 bits per heavy atom. The third-order valence-electron chi connectivity index (χ3n) is 2.67. The van der Waals surface area contributed by atoms with Crippen molar-refractivity contribution in [3.05, 3.63) is 64.5 Å². The van der Waals surface area contributed by atoms with Gasteiger partial charge in [0.1, 0.15) is 5.82 Å². The summed E-state index contributed by atoms with van der Waals surface area (Å²) in [6.45, 7) is 5.25. The number of hydrogen-bond acceptors (Lipinski definition) is 1. The van der Waals surface area contributed by atoms with Gasteiger partial charge >= 0.3 is 0 Å². The molecule has 0 aliphatic heterocycles. The topological polar surface area (TPSA) is 9.23 Å². The molecule has 2 aromatic rings. The number of benzene rings is 2.